The Kier molecular flexibility index (Phi) is 4.32. The molecule has 0 aliphatic heterocycles. The quantitative estimate of drug-likeness (QED) is 0.282. The molecule has 0 bridgehead atoms. The Hall–Kier alpha value is -2.03. The van der Waals surface area contributed by atoms with Crippen LogP contribution in [0, 0.1) is 0 Å². The first-order valence-electron chi connectivity index (χ1n) is 4.62. The molecule has 0 atom stereocenters. The van der Waals surface area contributed by atoms with Gasteiger partial charge in [0.2, 0.25) is 5.96 Å². The van der Waals surface area contributed by atoms with Crippen LogP contribution in [0.15, 0.2) is 29.4 Å². The van der Waals surface area contributed by atoms with Gasteiger partial charge in [-0.15, -0.1) is 5.10 Å². The Bertz CT molecular complexity index is 450. The number of halogens is 3. The van der Waals surface area contributed by atoms with E-state index >= 15 is 0 Å². The first kappa shape index (κ1) is 14.0. The highest BCUT2D eigenvalue weighted by Gasteiger charge is 2.29. The second-order valence-corrected chi connectivity index (χ2v) is 3.59. The normalized spacial score (nSPS) is 10.6. The molecular formula is C9H10F3N5S. The molecule has 18 heavy (non-hydrogen) atoms. The van der Waals surface area contributed by atoms with Gasteiger partial charge >= 0.3 is 6.18 Å². The lowest BCUT2D eigenvalue weighted by atomic mass is 10.2. The molecule has 0 fully saturated rings. The Labute approximate surface area is 106 Å². The molecule has 98 valence electrons. The minimum absolute atomic E-state index is 0.0585. The molecule has 6 N–H and O–H groups in total. The third-order valence-electron chi connectivity index (χ3n) is 1.76. The van der Waals surface area contributed by atoms with Gasteiger partial charge < -0.3 is 16.8 Å². The zero-order valence-corrected chi connectivity index (χ0v) is 9.77. The standard InChI is InChI=1S/C9H10F3N5S/c10-9(11,12)5-1-3-6(4-2-5)15-8(18)17-16-7(13)14/h1-4H,(H4,13,14,16)(H2,15,17,18). The highest BCUT2D eigenvalue weighted by molar-refractivity contribution is 7.80. The van der Waals surface area contributed by atoms with Gasteiger partial charge in [0.05, 0.1) is 5.56 Å². The van der Waals surface area contributed by atoms with Crippen LogP contribution >= 0.6 is 12.2 Å². The van der Waals surface area contributed by atoms with Gasteiger partial charge in [0.15, 0.2) is 5.11 Å². The van der Waals surface area contributed by atoms with Crippen molar-refractivity contribution in [2.24, 2.45) is 16.6 Å². The van der Waals surface area contributed by atoms with Gasteiger partial charge in [-0.05, 0) is 36.5 Å². The van der Waals surface area contributed by atoms with E-state index < -0.39 is 11.7 Å². The van der Waals surface area contributed by atoms with Gasteiger partial charge in [0.1, 0.15) is 0 Å². The number of hydrogen-bond acceptors (Lipinski definition) is 2. The van der Waals surface area contributed by atoms with E-state index in [1.54, 1.807) is 0 Å². The average molecular weight is 277 g/mol. The number of hydrazone groups is 1. The average Bonchev–Trinajstić information content (AvgIpc) is 2.26. The second-order valence-electron chi connectivity index (χ2n) is 3.18. The fourth-order valence-electron chi connectivity index (χ4n) is 1.02. The molecule has 1 rings (SSSR count). The summed E-state index contributed by atoms with van der Waals surface area (Å²) in [4.78, 5) is 0. The van der Waals surface area contributed by atoms with Crippen molar-refractivity contribution in [1.82, 2.24) is 5.43 Å². The van der Waals surface area contributed by atoms with E-state index in [9.17, 15) is 13.2 Å². The van der Waals surface area contributed by atoms with Crippen molar-refractivity contribution in [3.8, 4) is 0 Å². The summed E-state index contributed by atoms with van der Waals surface area (Å²) in [6, 6.07) is 4.36. The minimum atomic E-state index is -4.37. The molecule has 0 saturated carbocycles. The Morgan fingerprint density at radius 1 is 1.17 bits per heavy atom. The number of nitrogens with one attached hydrogen (secondary N) is 2. The predicted octanol–water partition coefficient (Wildman–Crippen LogP) is 1.18. The summed E-state index contributed by atoms with van der Waals surface area (Å²) in [6.07, 6.45) is -4.37. The lowest BCUT2D eigenvalue weighted by Gasteiger charge is -2.09. The van der Waals surface area contributed by atoms with Crippen molar-refractivity contribution < 1.29 is 13.2 Å². The van der Waals surface area contributed by atoms with Crippen LogP contribution < -0.4 is 22.2 Å². The van der Waals surface area contributed by atoms with E-state index in [0.717, 1.165) is 12.1 Å². The van der Waals surface area contributed by atoms with Gasteiger partial charge in [-0.1, -0.05) is 0 Å². The summed E-state index contributed by atoms with van der Waals surface area (Å²) in [6.45, 7) is 0. The number of thiocarbonyl (C=S) groups is 1. The monoisotopic (exact) mass is 277 g/mol. The van der Waals surface area contributed by atoms with Crippen LogP contribution in [0.1, 0.15) is 5.56 Å². The van der Waals surface area contributed by atoms with Crippen molar-refractivity contribution in [1.29, 1.82) is 0 Å². The largest absolute Gasteiger partial charge is 0.416 e. The zero-order chi connectivity index (χ0) is 13.8. The maximum Gasteiger partial charge on any atom is 0.416 e. The SMILES string of the molecule is NC(N)=NNC(=S)Nc1ccc(C(F)(F)F)cc1. The van der Waals surface area contributed by atoms with Gasteiger partial charge in [-0.25, -0.2) is 0 Å². The number of anilines is 1. The molecule has 0 saturated heterocycles. The van der Waals surface area contributed by atoms with E-state index in [1.807, 2.05) is 0 Å². The molecular weight excluding hydrogens is 267 g/mol. The molecule has 5 nitrogen and oxygen atoms in total. The summed E-state index contributed by atoms with van der Waals surface area (Å²) in [5.74, 6) is -0.216. The van der Waals surface area contributed by atoms with Gasteiger partial charge in [-0.2, -0.15) is 13.2 Å². The van der Waals surface area contributed by atoms with Gasteiger partial charge in [-0.3, -0.25) is 5.43 Å². The molecule has 0 spiro atoms. The first-order valence-corrected chi connectivity index (χ1v) is 5.03. The number of rotatable bonds is 2. The minimum Gasteiger partial charge on any atom is -0.369 e. The van der Waals surface area contributed by atoms with Gasteiger partial charge in [0.25, 0.3) is 0 Å². The lowest BCUT2D eigenvalue weighted by Crippen LogP contribution is -2.31. The van der Waals surface area contributed by atoms with Crippen LogP contribution in [-0.2, 0) is 6.18 Å². The van der Waals surface area contributed by atoms with Crippen molar-refractivity contribution in [2.75, 3.05) is 5.32 Å². The maximum atomic E-state index is 12.3. The Morgan fingerprint density at radius 3 is 2.17 bits per heavy atom. The third-order valence-corrected chi connectivity index (χ3v) is 1.95. The lowest BCUT2D eigenvalue weighted by molar-refractivity contribution is -0.137. The van der Waals surface area contributed by atoms with Crippen LogP contribution in [0.3, 0.4) is 0 Å². The zero-order valence-electron chi connectivity index (χ0n) is 8.95. The van der Waals surface area contributed by atoms with Crippen molar-refractivity contribution in [3.05, 3.63) is 29.8 Å². The molecule has 0 aliphatic rings. The van der Waals surface area contributed by atoms with Crippen LogP contribution in [0.25, 0.3) is 0 Å². The first-order chi connectivity index (χ1) is 8.29. The predicted molar refractivity (Wildman–Crippen MR) is 66.6 cm³/mol. The van der Waals surface area contributed by atoms with Crippen LogP contribution in [0.5, 0.6) is 0 Å². The Balaban J connectivity index is 2.64. The smallest absolute Gasteiger partial charge is 0.369 e. The molecule has 0 radical (unpaired) electrons. The van der Waals surface area contributed by atoms with Crippen molar-refractivity contribution in [2.45, 2.75) is 6.18 Å². The Morgan fingerprint density at radius 2 is 1.72 bits per heavy atom. The fraction of sp³-hybridized carbons (Fsp3) is 0.111. The molecule has 0 aliphatic carbocycles. The number of nitrogens with two attached hydrogens (primary N) is 2. The van der Waals surface area contributed by atoms with Crippen molar-refractivity contribution in [3.63, 3.8) is 0 Å². The van der Waals surface area contributed by atoms with E-state index in [0.29, 0.717) is 5.69 Å². The number of guanidine groups is 1. The third kappa shape index (κ3) is 4.45. The second kappa shape index (κ2) is 5.54. The summed E-state index contributed by atoms with van der Waals surface area (Å²) < 4.78 is 36.9. The molecule has 0 unspecified atom stereocenters. The van der Waals surface area contributed by atoms with Crippen LogP contribution in [0.2, 0.25) is 0 Å². The summed E-state index contributed by atoms with van der Waals surface area (Å²) in [5.41, 5.74) is 12.1. The molecule has 0 aromatic heterocycles. The van der Waals surface area contributed by atoms with Crippen molar-refractivity contribution >= 4 is 29.0 Å². The number of alkyl halides is 3. The number of nitrogens with zero attached hydrogens (tertiary/aromatic N) is 1. The number of hydrogen-bond donors (Lipinski definition) is 4. The maximum absolute atomic E-state index is 12.3. The topological polar surface area (TPSA) is 88.5 Å². The van der Waals surface area contributed by atoms with E-state index in [4.69, 9.17) is 23.7 Å². The van der Waals surface area contributed by atoms with Gasteiger partial charge in [0, 0.05) is 5.69 Å². The number of benzene rings is 1. The van der Waals surface area contributed by atoms with Crippen LogP contribution in [0.4, 0.5) is 18.9 Å². The molecule has 0 heterocycles. The molecule has 0 amide bonds. The fourth-order valence-corrected chi connectivity index (χ4v) is 1.18. The highest BCUT2D eigenvalue weighted by atomic mass is 32.1. The molecule has 1 aromatic rings. The summed E-state index contributed by atoms with van der Waals surface area (Å²) in [5, 5.41) is 6.09. The molecule has 1 aromatic carbocycles. The highest BCUT2D eigenvalue weighted by Crippen LogP contribution is 2.29. The molecule has 9 heteroatoms. The van der Waals surface area contributed by atoms with Crippen LogP contribution in [-0.4, -0.2) is 11.1 Å². The summed E-state index contributed by atoms with van der Waals surface area (Å²) >= 11 is 4.80. The van der Waals surface area contributed by atoms with E-state index in [-0.39, 0.29) is 11.1 Å². The van der Waals surface area contributed by atoms with E-state index in [2.05, 4.69) is 15.8 Å². The summed E-state index contributed by atoms with van der Waals surface area (Å²) in [7, 11) is 0. The van der Waals surface area contributed by atoms with E-state index in [1.165, 1.54) is 12.1 Å².